The molecule has 3 heterocycles. The van der Waals surface area contributed by atoms with Crippen molar-refractivity contribution in [2.75, 3.05) is 23.3 Å². The van der Waals surface area contributed by atoms with E-state index in [0.29, 0.717) is 6.10 Å². The molecule has 3 saturated heterocycles. The van der Waals surface area contributed by atoms with Gasteiger partial charge >= 0.3 is 6.03 Å². The van der Waals surface area contributed by atoms with Gasteiger partial charge in [0.15, 0.2) is 0 Å². The van der Waals surface area contributed by atoms with E-state index in [1.807, 2.05) is 12.1 Å². The summed E-state index contributed by atoms with van der Waals surface area (Å²) in [7, 11) is 0. The van der Waals surface area contributed by atoms with Crippen molar-refractivity contribution in [3.8, 4) is 0 Å². The van der Waals surface area contributed by atoms with Crippen LogP contribution in [0, 0.1) is 0 Å². The molecule has 3 fully saturated rings. The van der Waals surface area contributed by atoms with E-state index in [2.05, 4.69) is 27.7 Å². The molecule has 3 aliphatic heterocycles. The maximum Gasteiger partial charge on any atom is 0.319 e. The Morgan fingerprint density at radius 2 is 2.09 bits per heavy atom. The zero-order valence-electron chi connectivity index (χ0n) is 12.8. The Balaban J connectivity index is 1.36. The molecule has 1 aromatic rings. The topological polar surface area (TPSA) is 53.6 Å². The van der Waals surface area contributed by atoms with Crippen LogP contribution in [0.15, 0.2) is 24.3 Å². The number of anilines is 2. The Morgan fingerprint density at radius 3 is 2.82 bits per heavy atom. The van der Waals surface area contributed by atoms with Crippen molar-refractivity contribution in [2.24, 2.45) is 0 Å². The van der Waals surface area contributed by atoms with Gasteiger partial charge in [-0.3, -0.25) is 0 Å². The van der Waals surface area contributed by atoms with Crippen LogP contribution in [0.5, 0.6) is 0 Å². The molecule has 22 heavy (non-hydrogen) atoms. The van der Waals surface area contributed by atoms with Gasteiger partial charge in [0, 0.05) is 24.5 Å². The fourth-order valence-corrected chi connectivity index (χ4v) is 3.88. The van der Waals surface area contributed by atoms with Crippen LogP contribution < -0.4 is 15.5 Å². The SMILES string of the molecule is O=C(Nc1cccc(N2CCCC2)c1)N[C@@H]1C[C@H]2CC[C@H]1O2. The molecule has 1 aromatic carbocycles. The number of amides is 2. The highest BCUT2D eigenvalue weighted by Gasteiger charge is 2.41. The Kier molecular flexibility index (Phi) is 3.66. The van der Waals surface area contributed by atoms with Gasteiger partial charge in [-0.15, -0.1) is 0 Å². The molecule has 5 heteroatoms. The molecule has 2 N–H and O–H groups in total. The largest absolute Gasteiger partial charge is 0.373 e. The number of ether oxygens (including phenoxy) is 1. The predicted molar refractivity (Wildman–Crippen MR) is 86.3 cm³/mol. The summed E-state index contributed by atoms with van der Waals surface area (Å²) in [4.78, 5) is 14.6. The Labute approximate surface area is 131 Å². The van der Waals surface area contributed by atoms with Gasteiger partial charge in [-0.2, -0.15) is 0 Å². The molecular formula is C17H23N3O2. The molecule has 0 spiro atoms. The zero-order chi connectivity index (χ0) is 14.9. The number of hydrogen-bond donors (Lipinski definition) is 2. The second-order valence-electron chi connectivity index (χ2n) is 6.56. The number of nitrogens with zero attached hydrogens (tertiary/aromatic N) is 1. The van der Waals surface area contributed by atoms with Crippen LogP contribution in [0.1, 0.15) is 32.1 Å². The monoisotopic (exact) mass is 301 g/mol. The van der Waals surface area contributed by atoms with E-state index in [-0.39, 0.29) is 18.2 Å². The molecule has 5 nitrogen and oxygen atoms in total. The Morgan fingerprint density at radius 1 is 1.23 bits per heavy atom. The van der Waals surface area contributed by atoms with Crippen LogP contribution in [0.3, 0.4) is 0 Å². The lowest BCUT2D eigenvalue weighted by Gasteiger charge is -2.21. The molecule has 0 saturated carbocycles. The van der Waals surface area contributed by atoms with Gasteiger partial charge in [0.1, 0.15) is 0 Å². The fraction of sp³-hybridized carbons (Fsp3) is 0.588. The van der Waals surface area contributed by atoms with Crippen LogP contribution >= 0.6 is 0 Å². The lowest BCUT2D eigenvalue weighted by molar-refractivity contribution is 0.0984. The van der Waals surface area contributed by atoms with Gasteiger partial charge in [0.05, 0.1) is 18.2 Å². The molecule has 0 radical (unpaired) electrons. The smallest absolute Gasteiger partial charge is 0.319 e. The van der Waals surface area contributed by atoms with E-state index in [1.165, 1.54) is 18.5 Å². The lowest BCUT2D eigenvalue weighted by Crippen LogP contribution is -2.43. The minimum absolute atomic E-state index is 0.125. The van der Waals surface area contributed by atoms with Crippen LogP contribution in [-0.4, -0.2) is 37.4 Å². The number of carbonyl (C=O) groups excluding carboxylic acids is 1. The number of benzene rings is 1. The van der Waals surface area contributed by atoms with Gasteiger partial charge < -0.3 is 20.3 Å². The molecule has 118 valence electrons. The number of carbonyl (C=O) groups is 1. The number of fused-ring (bicyclic) bond motifs is 2. The third kappa shape index (κ3) is 2.77. The van der Waals surface area contributed by atoms with E-state index >= 15 is 0 Å². The average molecular weight is 301 g/mol. The highest BCUT2D eigenvalue weighted by atomic mass is 16.5. The van der Waals surface area contributed by atoms with Gasteiger partial charge in [0.25, 0.3) is 0 Å². The van der Waals surface area contributed by atoms with Gasteiger partial charge in [-0.1, -0.05) is 6.07 Å². The lowest BCUT2D eigenvalue weighted by atomic mass is 9.96. The first-order valence-electron chi connectivity index (χ1n) is 8.36. The van der Waals surface area contributed by atoms with E-state index in [4.69, 9.17) is 4.74 Å². The van der Waals surface area contributed by atoms with Gasteiger partial charge in [-0.05, 0) is 50.3 Å². The number of hydrogen-bond acceptors (Lipinski definition) is 3. The Bertz CT molecular complexity index is 557. The van der Waals surface area contributed by atoms with Crippen molar-refractivity contribution in [3.05, 3.63) is 24.3 Å². The van der Waals surface area contributed by atoms with Gasteiger partial charge in [-0.25, -0.2) is 4.79 Å². The summed E-state index contributed by atoms with van der Waals surface area (Å²) >= 11 is 0. The van der Waals surface area contributed by atoms with E-state index in [0.717, 1.165) is 38.0 Å². The minimum Gasteiger partial charge on any atom is -0.373 e. The van der Waals surface area contributed by atoms with Crippen molar-refractivity contribution in [1.29, 1.82) is 0 Å². The summed E-state index contributed by atoms with van der Waals surface area (Å²) < 4.78 is 5.77. The molecule has 3 aliphatic rings. The van der Waals surface area contributed by atoms with Crippen molar-refractivity contribution in [1.82, 2.24) is 5.32 Å². The van der Waals surface area contributed by atoms with Crippen LogP contribution in [-0.2, 0) is 4.74 Å². The average Bonchev–Trinajstić information content (AvgIpc) is 3.25. The molecule has 0 aromatic heterocycles. The highest BCUT2D eigenvalue weighted by Crippen LogP contribution is 2.34. The van der Waals surface area contributed by atoms with E-state index in [1.54, 1.807) is 0 Å². The second-order valence-corrected chi connectivity index (χ2v) is 6.56. The van der Waals surface area contributed by atoms with E-state index in [9.17, 15) is 4.79 Å². The van der Waals surface area contributed by atoms with Crippen LogP contribution in [0.4, 0.5) is 16.2 Å². The first kappa shape index (κ1) is 13.9. The fourth-order valence-electron chi connectivity index (χ4n) is 3.88. The maximum atomic E-state index is 12.2. The normalized spacial score (nSPS) is 29.8. The summed E-state index contributed by atoms with van der Waals surface area (Å²) in [6.07, 6.45) is 6.24. The second kappa shape index (κ2) is 5.80. The predicted octanol–water partition coefficient (Wildman–Crippen LogP) is 2.73. The molecule has 0 aliphatic carbocycles. The van der Waals surface area contributed by atoms with Gasteiger partial charge in [0.2, 0.25) is 0 Å². The molecule has 2 amide bonds. The quantitative estimate of drug-likeness (QED) is 0.902. The zero-order valence-corrected chi connectivity index (χ0v) is 12.8. The highest BCUT2D eigenvalue weighted by molar-refractivity contribution is 5.90. The first-order chi connectivity index (χ1) is 10.8. The Hall–Kier alpha value is -1.75. The van der Waals surface area contributed by atoms with Crippen molar-refractivity contribution in [3.63, 3.8) is 0 Å². The van der Waals surface area contributed by atoms with Crippen molar-refractivity contribution >= 4 is 17.4 Å². The summed E-state index contributed by atoms with van der Waals surface area (Å²) in [5.41, 5.74) is 2.05. The van der Waals surface area contributed by atoms with Crippen LogP contribution in [0.2, 0.25) is 0 Å². The first-order valence-corrected chi connectivity index (χ1v) is 8.36. The van der Waals surface area contributed by atoms with E-state index < -0.39 is 0 Å². The molecule has 2 bridgehead atoms. The molecule has 4 rings (SSSR count). The van der Waals surface area contributed by atoms with Crippen LogP contribution in [0.25, 0.3) is 0 Å². The number of urea groups is 1. The van der Waals surface area contributed by atoms with Crippen molar-refractivity contribution in [2.45, 2.75) is 50.4 Å². The number of nitrogens with one attached hydrogen (secondary N) is 2. The number of rotatable bonds is 3. The third-order valence-corrected chi connectivity index (χ3v) is 5.00. The standard InChI is InChI=1S/C17H23N3O2/c21-17(19-15-11-14-6-7-16(15)22-14)18-12-4-3-5-13(10-12)20-8-1-2-9-20/h3-5,10,14-16H,1-2,6-9,11H2,(H2,18,19,21)/t14-,15-,16-/m1/s1. The summed E-state index contributed by atoms with van der Waals surface area (Å²) in [6, 6.07) is 8.15. The minimum atomic E-state index is -0.125. The third-order valence-electron chi connectivity index (χ3n) is 5.00. The summed E-state index contributed by atoms with van der Waals surface area (Å²) in [5, 5.41) is 6.02. The molecular weight excluding hydrogens is 278 g/mol. The summed E-state index contributed by atoms with van der Waals surface area (Å²) in [5.74, 6) is 0. The molecule has 3 atom stereocenters. The van der Waals surface area contributed by atoms with Crippen molar-refractivity contribution < 1.29 is 9.53 Å². The molecule has 0 unspecified atom stereocenters. The summed E-state index contributed by atoms with van der Waals surface area (Å²) in [6.45, 7) is 2.22. The maximum absolute atomic E-state index is 12.2.